The van der Waals surface area contributed by atoms with Gasteiger partial charge < -0.3 is 10.2 Å². The standard InChI is InChI=1S/C23H25F3N6O2.ClH/c1-14-8-15(10-29-21(14)23(24,25)26)9-27-16-4-6-30(7-5-16)12-17-13-31-19(33)3-2-18-22(31)32(17)20(34)11-28-18;/h2-3,8,10-11,16-17,27H,4-7,9,12-13H2,1H3;1H/t17-;/m1./s1. The molecule has 35 heavy (non-hydrogen) atoms. The van der Waals surface area contributed by atoms with Gasteiger partial charge in [0.05, 0.1) is 12.2 Å². The minimum absolute atomic E-state index is 0. The van der Waals surface area contributed by atoms with Crippen molar-refractivity contribution in [1.82, 2.24) is 29.3 Å². The van der Waals surface area contributed by atoms with Crippen molar-refractivity contribution < 1.29 is 13.2 Å². The molecule has 0 unspecified atom stereocenters. The largest absolute Gasteiger partial charge is 0.433 e. The first-order chi connectivity index (χ1) is 16.2. The molecule has 2 aliphatic heterocycles. The van der Waals surface area contributed by atoms with Crippen molar-refractivity contribution in [3.63, 3.8) is 0 Å². The number of rotatable bonds is 5. The lowest BCUT2D eigenvalue weighted by Crippen LogP contribution is -2.44. The molecule has 5 heterocycles. The Bertz CT molecular complexity index is 1340. The molecule has 0 radical (unpaired) electrons. The molecule has 12 heteroatoms. The predicted molar refractivity (Wildman–Crippen MR) is 127 cm³/mol. The monoisotopic (exact) mass is 510 g/mol. The summed E-state index contributed by atoms with van der Waals surface area (Å²) in [4.78, 5) is 34.9. The Morgan fingerprint density at radius 2 is 1.83 bits per heavy atom. The van der Waals surface area contributed by atoms with Crippen molar-refractivity contribution in [3.05, 3.63) is 68.1 Å². The molecule has 2 aliphatic rings. The fourth-order valence-corrected chi connectivity index (χ4v) is 5.07. The SMILES string of the molecule is Cc1cc(CNC2CCN(C[C@@H]3Cn4c(=O)ccc5ncc(=O)n3c54)CC2)cnc1C(F)(F)F.Cl. The third-order valence-corrected chi connectivity index (χ3v) is 6.73. The van der Waals surface area contributed by atoms with E-state index >= 15 is 0 Å². The quantitative estimate of drug-likeness (QED) is 0.568. The average Bonchev–Trinajstić information content (AvgIpc) is 3.18. The number of likely N-dealkylation sites (tertiary alicyclic amines) is 1. The normalized spacial score (nSPS) is 18.7. The highest BCUT2D eigenvalue weighted by molar-refractivity contribution is 5.85. The molecule has 3 aromatic heterocycles. The van der Waals surface area contributed by atoms with Crippen molar-refractivity contribution in [2.24, 2.45) is 0 Å². The Morgan fingerprint density at radius 1 is 1.09 bits per heavy atom. The third kappa shape index (κ3) is 4.98. The highest BCUT2D eigenvalue weighted by Crippen LogP contribution is 2.30. The van der Waals surface area contributed by atoms with Crippen LogP contribution < -0.4 is 16.4 Å². The molecular formula is C23H26ClF3N6O2. The number of piperidine rings is 1. The smallest absolute Gasteiger partial charge is 0.310 e. The van der Waals surface area contributed by atoms with Gasteiger partial charge in [-0.3, -0.25) is 23.7 Å². The fourth-order valence-electron chi connectivity index (χ4n) is 5.07. The number of pyridine rings is 2. The van der Waals surface area contributed by atoms with Crippen molar-refractivity contribution in [1.29, 1.82) is 0 Å². The maximum Gasteiger partial charge on any atom is 0.433 e. The van der Waals surface area contributed by atoms with Crippen molar-refractivity contribution in [2.75, 3.05) is 19.6 Å². The van der Waals surface area contributed by atoms with Gasteiger partial charge in [0.1, 0.15) is 16.9 Å². The average molecular weight is 511 g/mol. The van der Waals surface area contributed by atoms with E-state index < -0.39 is 11.9 Å². The van der Waals surface area contributed by atoms with Gasteiger partial charge in [0.25, 0.3) is 11.1 Å². The summed E-state index contributed by atoms with van der Waals surface area (Å²) in [6, 6.07) is 4.79. The molecule has 1 fully saturated rings. The molecule has 0 bridgehead atoms. The van der Waals surface area contributed by atoms with E-state index in [2.05, 4.69) is 20.2 Å². The maximum absolute atomic E-state index is 12.9. The maximum atomic E-state index is 12.9. The molecular weight excluding hydrogens is 485 g/mol. The predicted octanol–water partition coefficient (Wildman–Crippen LogP) is 2.51. The highest BCUT2D eigenvalue weighted by atomic mass is 35.5. The van der Waals surface area contributed by atoms with E-state index in [4.69, 9.17) is 0 Å². The van der Waals surface area contributed by atoms with E-state index in [9.17, 15) is 22.8 Å². The van der Waals surface area contributed by atoms with Crippen LogP contribution in [0.25, 0.3) is 11.2 Å². The summed E-state index contributed by atoms with van der Waals surface area (Å²) in [6.07, 6.45) is -0.0839. The van der Waals surface area contributed by atoms with E-state index in [-0.39, 0.29) is 41.2 Å². The Kier molecular flexibility index (Phi) is 7.03. The first kappa shape index (κ1) is 25.3. The van der Waals surface area contributed by atoms with Gasteiger partial charge in [0, 0.05) is 37.9 Å². The van der Waals surface area contributed by atoms with E-state index in [1.54, 1.807) is 15.2 Å². The van der Waals surface area contributed by atoms with Crippen LogP contribution in [0.1, 0.15) is 35.7 Å². The van der Waals surface area contributed by atoms with Crippen LogP contribution in [-0.4, -0.2) is 49.7 Å². The van der Waals surface area contributed by atoms with Gasteiger partial charge in [0.15, 0.2) is 0 Å². The summed E-state index contributed by atoms with van der Waals surface area (Å²) in [5.74, 6) is 0. The molecule has 188 valence electrons. The minimum Gasteiger partial charge on any atom is -0.310 e. The molecule has 5 rings (SSSR count). The van der Waals surface area contributed by atoms with Crippen LogP contribution in [0.3, 0.4) is 0 Å². The van der Waals surface area contributed by atoms with Gasteiger partial charge in [0.2, 0.25) is 0 Å². The molecule has 1 atom stereocenters. The highest BCUT2D eigenvalue weighted by Gasteiger charge is 2.34. The number of alkyl halides is 3. The zero-order chi connectivity index (χ0) is 24.0. The second kappa shape index (κ2) is 9.71. The second-order valence-corrected chi connectivity index (χ2v) is 9.07. The van der Waals surface area contributed by atoms with Crippen molar-refractivity contribution in [2.45, 2.75) is 51.1 Å². The molecule has 1 saturated heterocycles. The lowest BCUT2D eigenvalue weighted by molar-refractivity contribution is -0.141. The number of hydrogen-bond donors (Lipinski definition) is 1. The lowest BCUT2D eigenvalue weighted by Gasteiger charge is -2.34. The number of hydrogen-bond acceptors (Lipinski definition) is 6. The van der Waals surface area contributed by atoms with Gasteiger partial charge in [-0.05, 0) is 50.0 Å². The molecule has 0 aromatic carbocycles. The fraction of sp³-hybridized carbons (Fsp3) is 0.478. The number of aryl methyl sites for hydroxylation is 1. The zero-order valence-corrected chi connectivity index (χ0v) is 19.9. The zero-order valence-electron chi connectivity index (χ0n) is 19.1. The van der Waals surface area contributed by atoms with E-state index in [1.807, 2.05) is 0 Å². The number of aromatic nitrogens is 4. The topological polar surface area (TPSA) is 85.0 Å². The molecule has 0 amide bonds. The molecule has 3 aromatic rings. The second-order valence-electron chi connectivity index (χ2n) is 9.07. The molecule has 1 N–H and O–H groups in total. The number of nitrogens with one attached hydrogen (secondary N) is 1. The van der Waals surface area contributed by atoms with Gasteiger partial charge in [-0.1, -0.05) is 6.07 Å². The summed E-state index contributed by atoms with van der Waals surface area (Å²) < 4.78 is 42.0. The Hall–Kier alpha value is -2.76. The van der Waals surface area contributed by atoms with Crippen LogP contribution in [0.2, 0.25) is 0 Å². The van der Waals surface area contributed by atoms with Gasteiger partial charge >= 0.3 is 6.18 Å². The first-order valence-corrected chi connectivity index (χ1v) is 11.3. The summed E-state index contributed by atoms with van der Waals surface area (Å²) in [6.45, 7) is 4.65. The molecule has 8 nitrogen and oxygen atoms in total. The summed E-state index contributed by atoms with van der Waals surface area (Å²) in [7, 11) is 0. The molecule has 0 spiro atoms. The van der Waals surface area contributed by atoms with E-state index in [1.165, 1.54) is 31.5 Å². The van der Waals surface area contributed by atoms with Gasteiger partial charge in [-0.2, -0.15) is 13.2 Å². The van der Waals surface area contributed by atoms with Crippen LogP contribution >= 0.6 is 12.4 Å². The lowest BCUT2D eigenvalue weighted by atomic mass is 10.0. The summed E-state index contributed by atoms with van der Waals surface area (Å²) in [5, 5.41) is 3.43. The number of halogens is 4. The summed E-state index contributed by atoms with van der Waals surface area (Å²) in [5.41, 5.74) is 0.895. The molecule has 0 aliphatic carbocycles. The number of nitrogens with zero attached hydrogens (tertiary/aromatic N) is 5. The van der Waals surface area contributed by atoms with Crippen LogP contribution in [0.4, 0.5) is 13.2 Å². The van der Waals surface area contributed by atoms with Crippen molar-refractivity contribution in [3.8, 4) is 0 Å². The van der Waals surface area contributed by atoms with Crippen LogP contribution in [0, 0.1) is 6.92 Å². The third-order valence-electron chi connectivity index (χ3n) is 6.73. The van der Waals surface area contributed by atoms with Crippen LogP contribution in [0.15, 0.2) is 40.2 Å². The van der Waals surface area contributed by atoms with Crippen LogP contribution in [-0.2, 0) is 19.3 Å². The Labute approximate surface area is 205 Å². The summed E-state index contributed by atoms with van der Waals surface area (Å²) >= 11 is 0. The van der Waals surface area contributed by atoms with E-state index in [0.717, 1.165) is 31.5 Å². The van der Waals surface area contributed by atoms with E-state index in [0.29, 0.717) is 30.8 Å². The first-order valence-electron chi connectivity index (χ1n) is 11.3. The minimum atomic E-state index is -4.44. The van der Waals surface area contributed by atoms with Crippen molar-refractivity contribution >= 4 is 23.6 Å². The van der Waals surface area contributed by atoms with Gasteiger partial charge in [-0.15, -0.1) is 12.4 Å². The van der Waals surface area contributed by atoms with Gasteiger partial charge in [-0.25, -0.2) is 4.98 Å². The molecule has 0 saturated carbocycles. The van der Waals surface area contributed by atoms with Crippen LogP contribution in [0.5, 0.6) is 0 Å². The Morgan fingerprint density at radius 3 is 2.51 bits per heavy atom. The Balaban J connectivity index is 0.00000289.